The predicted molar refractivity (Wildman–Crippen MR) is 65.5 cm³/mol. The first-order chi connectivity index (χ1) is 8.09. The van der Waals surface area contributed by atoms with Crippen LogP contribution in [0.2, 0.25) is 0 Å². The lowest BCUT2D eigenvalue weighted by atomic mass is 10.2. The van der Waals surface area contributed by atoms with Gasteiger partial charge in [0.2, 0.25) is 0 Å². The van der Waals surface area contributed by atoms with Crippen LogP contribution in [0.3, 0.4) is 0 Å². The average molecular weight is 256 g/mol. The van der Waals surface area contributed by atoms with E-state index < -0.39 is 9.84 Å². The zero-order chi connectivity index (χ0) is 12.3. The van der Waals surface area contributed by atoms with Crippen LogP contribution < -0.4 is 11.1 Å². The quantitative estimate of drug-likeness (QED) is 0.759. The molecule has 0 radical (unpaired) electrons. The van der Waals surface area contributed by atoms with Crippen molar-refractivity contribution in [1.82, 2.24) is 9.97 Å². The molecule has 0 bridgehead atoms. The van der Waals surface area contributed by atoms with Gasteiger partial charge in [0.1, 0.15) is 11.6 Å². The van der Waals surface area contributed by atoms with Gasteiger partial charge in [-0.1, -0.05) is 0 Å². The molecule has 0 amide bonds. The molecule has 0 aliphatic carbocycles. The van der Waals surface area contributed by atoms with E-state index in [2.05, 4.69) is 15.3 Å². The molecule has 1 aromatic rings. The van der Waals surface area contributed by atoms with E-state index >= 15 is 0 Å². The summed E-state index contributed by atoms with van der Waals surface area (Å²) in [6.45, 7) is 0.501. The van der Waals surface area contributed by atoms with Gasteiger partial charge in [0, 0.05) is 18.7 Å². The molecule has 0 spiro atoms. The normalized spacial score (nSPS) is 22.5. The summed E-state index contributed by atoms with van der Waals surface area (Å²) in [5.41, 5.74) is 5.43. The van der Waals surface area contributed by atoms with Crippen LogP contribution >= 0.6 is 0 Å². The van der Waals surface area contributed by atoms with Crippen LogP contribution in [-0.4, -0.2) is 42.5 Å². The summed E-state index contributed by atoms with van der Waals surface area (Å²) in [5, 5.41) is 3.12. The third-order valence-corrected chi connectivity index (χ3v) is 4.43. The summed E-state index contributed by atoms with van der Waals surface area (Å²) in [6, 6.07) is 1.70. The fraction of sp³-hybridized carbons (Fsp3) is 0.600. The molecule has 94 valence electrons. The number of rotatable bonds is 4. The van der Waals surface area contributed by atoms with Crippen LogP contribution in [0.15, 0.2) is 12.3 Å². The Morgan fingerprint density at radius 2 is 2.35 bits per heavy atom. The Balaban J connectivity index is 2.01. The predicted octanol–water partition coefficient (Wildman–Crippen LogP) is -0.423. The summed E-state index contributed by atoms with van der Waals surface area (Å²) in [5.74, 6) is 1.79. The first-order valence-electron chi connectivity index (χ1n) is 5.58. The number of hydrogen-bond donors (Lipinski definition) is 2. The van der Waals surface area contributed by atoms with E-state index in [9.17, 15) is 8.42 Å². The summed E-state index contributed by atoms with van der Waals surface area (Å²) in [6.07, 6.45) is 2.92. The van der Waals surface area contributed by atoms with Crippen LogP contribution in [0.4, 0.5) is 5.82 Å². The fourth-order valence-corrected chi connectivity index (χ4v) is 3.52. The fourth-order valence-electron chi connectivity index (χ4n) is 1.85. The monoisotopic (exact) mass is 256 g/mol. The van der Waals surface area contributed by atoms with Crippen molar-refractivity contribution in [3.8, 4) is 0 Å². The highest BCUT2D eigenvalue weighted by molar-refractivity contribution is 7.91. The van der Waals surface area contributed by atoms with Gasteiger partial charge < -0.3 is 11.1 Å². The van der Waals surface area contributed by atoms with Gasteiger partial charge >= 0.3 is 0 Å². The molecule has 0 saturated carbocycles. The molecule has 1 aromatic heterocycles. The molecule has 7 heteroatoms. The lowest BCUT2D eigenvalue weighted by Gasteiger charge is -2.11. The topological polar surface area (TPSA) is 98.0 Å². The van der Waals surface area contributed by atoms with Crippen LogP contribution in [-0.2, 0) is 16.3 Å². The van der Waals surface area contributed by atoms with E-state index in [0.29, 0.717) is 31.0 Å². The molecule has 1 saturated heterocycles. The third-order valence-electron chi connectivity index (χ3n) is 2.66. The van der Waals surface area contributed by atoms with E-state index in [0.717, 1.165) is 0 Å². The molecule has 17 heavy (non-hydrogen) atoms. The first-order valence-corrected chi connectivity index (χ1v) is 7.40. The lowest BCUT2D eigenvalue weighted by molar-refractivity contribution is 0.602. The SMILES string of the molecule is NCCc1nccc(NC2CCS(=O)(=O)C2)n1. The maximum Gasteiger partial charge on any atom is 0.152 e. The van der Waals surface area contributed by atoms with Crippen molar-refractivity contribution in [2.75, 3.05) is 23.4 Å². The van der Waals surface area contributed by atoms with Crippen molar-refractivity contribution in [3.05, 3.63) is 18.1 Å². The van der Waals surface area contributed by atoms with E-state index in [1.54, 1.807) is 12.3 Å². The van der Waals surface area contributed by atoms with Crippen LogP contribution in [0.1, 0.15) is 12.2 Å². The molecule has 2 rings (SSSR count). The molecule has 3 N–H and O–H groups in total. The first kappa shape index (κ1) is 12.3. The zero-order valence-electron chi connectivity index (χ0n) is 9.46. The Morgan fingerprint density at radius 3 is 3.00 bits per heavy atom. The minimum Gasteiger partial charge on any atom is -0.366 e. The molecule has 2 heterocycles. The second kappa shape index (κ2) is 4.97. The molecule has 1 unspecified atom stereocenters. The van der Waals surface area contributed by atoms with Gasteiger partial charge in [-0.05, 0) is 19.0 Å². The van der Waals surface area contributed by atoms with E-state index in [4.69, 9.17) is 5.73 Å². The average Bonchev–Trinajstić information content (AvgIpc) is 2.59. The second-order valence-electron chi connectivity index (χ2n) is 4.14. The Morgan fingerprint density at radius 1 is 1.53 bits per heavy atom. The third kappa shape index (κ3) is 3.37. The standard InChI is InChI=1S/C10H16N4O2S/c11-4-1-9-12-5-2-10(14-9)13-8-3-6-17(15,16)7-8/h2,5,8H,1,3-4,6-7,11H2,(H,12,13,14). The molecular weight excluding hydrogens is 240 g/mol. The van der Waals surface area contributed by atoms with Crippen molar-refractivity contribution in [2.24, 2.45) is 5.73 Å². The number of aromatic nitrogens is 2. The van der Waals surface area contributed by atoms with E-state index in [-0.39, 0.29) is 17.5 Å². The molecule has 1 aliphatic heterocycles. The smallest absolute Gasteiger partial charge is 0.152 e. The second-order valence-corrected chi connectivity index (χ2v) is 6.37. The number of nitrogens with zero attached hydrogens (tertiary/aromatic N) is 2. The lowest BCUT2D eigenvalue weighted by Crippen LogP contribution is -2.21. The molecule has 1 fully saturated rings. The highest BCUT2D eigenvalue weighted by Gasteiger charge is 2.27. The maximum absolute atomic E-state index is 11.3. The summed E-state index contributed by atoms with van der Waals surface area (Å²) in [7, 11) is -2.86. The highest BCUT2D eigenvalue weighted by Crippen LogP contribution is 2.15. The Hall–Kier alpha value is -1.21. The number of nitrogens with two attached hydrogens (primary N) is 1. The Labute approximate surface area is 101 Å². The van der Waals surface area contributed by atoms with Gasteiger partial charge in [-0.2, -0.15) is 0 Å². The van der Waals surface area contributed by atoms with Crippen molar-refractivity contribution >= 4 is 15.7 Å². The Kier molecular flexibility index (Phi) is 3.58. The molecule has 0 aromatic carbocycles. The molecule has 6 nitrogen and oxygen atoms in total. The van der Waals surface area contributed by atoms with E-state index in [1.807, 2.05) is 0 Å². The largest absolute Gasteiger partial charge is 0.366 e. The zero-order valence-corrected chi connectivity index (χ0v) is 10.3. The van der Waals surface area contributed by atoms with Crippen molar-refractivity contribution in [2.45, 2.75) is 18.9 Å². The van der Waals surface area contributed by atoms with Gasteiger partial charge in [-0.3, -0.25) is 0 Å². The Bertz CT molecular complexity index is 489. The minimum atomic E-state index is -2.86. The summed E-state index contributed by atoms with van der Waals surface area (Å²) < 4.78 is 22.6. The van der Waals surface area contributed by atoms with Crippen LogP contribution in [0.5, 0.6) is 0 Å². The molecule has 1 aliphatic rings. The summed E-state index contributed by atoms with van der Waals surface area (Å²) >= 11 is 0. The number of nitrogens with one attached hydrogen (secondary N) is 1. The van der Waals surface area contributed by atoms with Crippen LogP contribution in [0, 0.1) is 0 Å². The molecular formula is C10H16N4O2S. The van der Waals surface area contributed by atoms with Gasteiger partial charge in [0.15, 0.2) is 9.84 Å². The molecule has 1 atom stereocenters. The highest BCUT2D eigenvalue weighted by atomic mass is 32.2. The van der Waals surface area contributed by atoms with Crippen molar-refractivity contribution < 1.29 is 8.42 Å². The van der Waals surface area contributed by atoms with Gasteiger partial charge in [0.05, 0.1) is 11.5 Å². The van der Waals surface area contributed by atoms with Crippen molar-refractivity contribution in [1.29, 1.82) is 0 Å². The maximum atomic E-state index is 11.3. The van der Waals surface area contributed by atoms with Crippen LogP contribution in [0.25, 0.3) is 0 Å². The van der Waals surface area contributed by atoms with Gasteiger partial charge in [-0.15, -0.1) is 0 Å². The van der Waals surface area contributed by atoms with E-state index in [1.165, 1.54) is 0 Å². The van der Waals surface area contributed by atoms with Crippen molar-refractivity contribution in [3.63, 3.8) is 0 Å². The summed E-state index contributed by atoms with van der Waals surface area (Å²) in [4.78, 5) is 8.36. The van der Waals surface area contributed by atoms with Gasteiger partial charge in [0.25, 0.3) is 0 Å². The number of sulfone groups is 1. The minimum absolute atomic E-state index is 0.0411. The van der Waals surface area contributed by atoms with Gasteiger partial charge in [-0.25, -0.2) is 18.4 Å². The number of hydrogen-bond acceptors (Lipinski definition) is 6. The number of anilines is 1.